The Morgan fingerprint density at radius 3 is 2.83 bits per heavy atom. The van der Waals surface area contributed by atoms with E-state index in [0.717, 1.165) is 0 Å². The van der Waals surface area contributed by atoms with Gasteiger partial charge in [-0.05, 0) is 31.0 Å². The zero-order chi connectivity index (χ0) is 13.3. The highest BCUT2D eigenvalue weighted by molar-refractivity contribution is 5.75. The molecule has 1 aromatic rings. The van der Waals surface area contributed by atoms with Crippen LogP contribution in [0.5, 0.6) is 5.75 Å². The number of Topliss-reactive ketones (excluding diaryl/α,β-unsaturated/α-hetero) is 1. The van der Waals surface area contributed by atoms with Gasteiger partial charge in [-0.25, -0.2) is 0 Å². The highest BCUT2D eigenvalue weighted by Crippen LogP contribution is 2.10. The molecule has 2 heteroatoms. The largest absolute Gasteiger partial charge is 0.508 e. The van der Waals surface area contributed by atoms with Crippen LogP contribution in [0.25, 0.3) is 0 Å². The molecular formula is C10H12O2. The van der Waals surface area contributed by atoms with Crippen molar-refractivity contribution in [3.05, 3.63) is 29.8 Å². The Kier molecular flexibility index (Phi) is 1.33. The molecule has 0 radical (unpaired) electrons. The highest BCUT2D eigenvalue weighted by Gasteiger charge is 1.96. The van der Waals surface area contributed by atoms with Crippen molar-refractivity contribution < 1.29 is 16.8 Å². The van der Waals surface area contributed by atoms with Gasteiger partial charge in [0.05, 0.1) is 0 Å². The molecule has 1 rings (SSSR count). The quantitative estimate of drug-likeness (QED) is 0.750. The molecule has 0 aromatic heterocycles. The molecule has 64 valence electrons. The average molecular weight is 169 g/mol. The number of hydrogen-bond donors (Lipinski definition) is 1. The molecule has 0 atom stereocenters. The summed E-state index contributed by atoms with van der Waals surface area (Å²) in [5.41, 5.74) is 0.449. The number of aromatic hydroxyl groups is 1. The van der Waals surface area contributed by atoms with Crippen LogP contribution in [0.3, 0.4) is 0 Å². The Morgan fingerprint density at radius 1 is 1.58 bits per heavy atom. The molecular weight excluding hydrogens is 152 g/mol. The second-order valence-electron chi connectivity index (χ2n) is 2.35. The summed E-state index contributed by atoms with van der Waals surface area (Å²) in [7, 11) is 0. The first-order valence-corrected chi connectivity index (χ1v) is 3.46. The second kappa shape index (κ2) is 3.90. The Morgan fingerprint density at radius 2 is 2.25 bits per heavy atom. The standard InChI is InChI=1S/C10H12O2/c1-8(11)2-3-9-4-6-10(12)7-5-9/h4-7,12H,2-3H2,1H3/i1D3,2D2. The molecule has 0 bridgehead atoms. The minimum atomic E-state index is -2.94. The van der Waals surface area contributed by atoms with E-state index in [1.54, 1.807) is 0 Å². The number of aryl methyl sites for hydroxylation is 1. The molecule has 0 saturated carbocycles. The third-order valence-electron chi connectivity index (χ3n) is 1.39. The predicted octanol–water partition coefficient (Wildman–Crippen LogP) is 1.91. The Labute approximate surface area is 78.9 Å². The molecule has 0 fully saturated rings. The van der Waals surface area contributed by atoms with E-state index in [9.17, 15) is 4.79 Å². The summed E-state index contributed by atoms with van der Waals surface area (Å²) in [5, 5.41) is 9.04. The fraction of sp³-hybridized carbons (Fsp3) is 0.300. The number of carbonyl (C=O) groups is 1. The van der Waals surface area contributed by atoms with Crippen LogP contribution >= 0.6 is 0 Å². The molecule has 0 spiro atoms. The summed E-state index contributed by atoms with van der Waals surface area (Å²) in [6, 6.07) is 5.59. The lowest BCUT2D eigenvalue weighted by Crippen LogP contribution is -1.93. The van der Waals surface area contributed by atoms with E-state index in [4.69, 9.17) is 12.0 Å². The SMILES string of the molecule is [2H]C([2H])([2H])C(=O)C([2H])([2H])Cc1ccc(O)cc1. The smallest absolute Gasteiger partial charge is 0.130 e. The van der Waals surface area contributed by atoms with Crippen molar-refractivity contribution >= 4 is 5.78 Å². The molecule has 0 aliphatic carbocycles. The number of benzene rings is 1. The van der Waals surface area contributed by atoms with Gasteiger partial charge in [0.15, 0.2) is 0 Å². The van der Waals surface area contributed by atoms with E-state index in [2.05, 4.69) is 0 Å². The molecule has 0 aliphatic rings. The van der Waals surface area contributed by atoms with Crippen molar-refractivity contribution in [2.45, 2.75) is 19.6 Å². The Hall–Kier alpha value is -1.31. The lowest BCUT2D eigenvalue weighted by Gasteiger charge is -1.98. The number of hydrogen-bond acceptors (Lipinski definition) is 2. The van der Waals surface area contributed by atoms with Gasteiger partial charge in [-0.3, -0.25) is 0 Å². The summed E-state index contributed by atoms with van der Waals surface area (Å²) in [6.45, 7) is -2.94. The maximum Gasteiger partial charge on any atom is 0.130 e. The van der Waals surface area contributed by atoms with Gasteiger partial charge in [0.2, 0.25) is 0 Å². The van der Waals surface area contributed by atoms with E-state index in [0.29, 0.717) is 5.56 Å². The van der Waals surface area contributed by atoms with Gasteiger partial charge >= 0.3 is 0 Å². The lowest BCUT2D eigenvalue weighted by atomic mass is 10.1. The second-order valence-corrected chi connectivity index (χ2v) is 2.35. The van der Waals surface area contributed by atoms with Crippen LogP contribution in [-0.2, 0) is 11.2 Å². The van der Waals surface area contributed by atoms with E-state index in [1.807, 2.05) is 0 Å². The number of phenols is 1. The van der Waals surface area contributed by atoms with Crippen LogP contribution in [0.1, 0.15) is 25.6 Å². The Balaban J connectivity index is 2.86. The van der Waals surface area contributed by atoms with Gasteiger partial charge in [-0.2, -0.15) is 0 Å². The first-order valence-electron chi connectivity index (χ1n) is 5.96. The minimum absolute atomic E-state index is 0.0245. The molecule has 0 aliphatic heterocycles. The first-order chi connectivity index (χ1) is 7.63. The van der Waals surface area contributed by atoms with E-state index >= 15 is 0 Å². The predicted molar refractivity (Wildman–Crippen MR) is 47.1 cm³/mol. The fourth-order valence-electron chi connectivity index (χ4n) is 0.796. The Bertz CT molecular complexity index is 408. The summed E-state index contributed by atoms with van der Waals surface area (Å²) in [6.07, 6.45) is -2.77. The maximum atomic E-state index is 11.4. The van der Waals surface area contributed by atoms with Gasteiger partial charge in [0.1, 0.15) is 11.5 Å². The molecule has 0 unspecified atom stereocenters. The van der Waals surface area contributed by atoms with Crippen molar-refractivity contribution in [2.24, 2.45) is 0 Å². The minimum Gasteiger partial charge on any atom is -0.508 e. The van der Waals surface area contributed by atoms with Crippen LogP contribution in [-0.4, -0.2) is 10.9 Å². The lowest BCUT2D eigenvalue weighted by molar-refractivity contribution is -0.116. The average Bonchev–Trinajstić information content (AvgIpc) is 2.19. The van der Waals surface area contributed by atoms with Crippen molar-refractivity contribution in [1.82, 2.24) is 0 Å². The van der Waals surface area contributed by atoms with Crippen molar-refractivity contribution in [2.75, 3.05) is 0 Å². The molecule has 12 heavy (non-hydrogen) atoms. The highest BCUT2D eigenvalue weighted by atomic mass is 16.3. The van der Waals surface area contributed by atoms with E-state index in [1.165, 1.54) is 24.3 Å². The zero-order valence-corrected chi connectivity index (χ0v) is 6.37. The van der Waals surface area contributed by atoms with E-state index in [-0.39, 0.29) is 12.2 Å². The van der Waals surface area contributed by atoms with Crippen LogP contribution in [0.15, 0.2) is 24.3 Å². The first kappa shape index (κ1) is 4.08. The molecule has 0 amide bonds. The van der Waals surface area contributed by atoms with E-state index < -0.39 is 19.0 Å². The van der Waals surface area contributed by atoms with Crippen molar-refractivity contribution in [3.63, 3.8) is 0 Å². The van der Waals surface area contributed by atoms with Crippen molar-refractivity contribution in [1.29, 1.82) is 0 Å². The maximum absolute atomic E-state index is 11.4. The number of rotatable bonds is 3. The number of carbonyl (C=O) groups excluding carboxylic acids is 1. The number of ketones is 1. The third-order valence-corrected chi connectivity index (χ3v) is 1.39. The molecule has 0 saturated heterocycles. The number of phenolic OH excluding ortho intramolecular Hbond substituents is 1. The van der Waals surface area contributed by atoms with Gasteiger partial charge in [-0.15, -0.1) is 0 Å². The fourth-order valence-corrected chi connectivity index (χ4v) is 0.796. The van der Waals surface area contributed by atoms with Crippen LogP contribution in [0.2, 0.25) is 0 Å². The summed E-state index contributed by atoms with van der Waals surface area (Å²) in [4.78, 5) is 11.4. The molecule has 2 nitrogen and oxygen atoms in total. The van der Waals surface area contributed by atoms with Crippen LogP contribution < -0.4 is 0 Å². The molecule has 0 heterocycles. The topological polar surface area (TPSA) is 37.3 Å². The summed E-state index contributed by atoms with van der Waals surface area (Å²) >= 11 is 0. The molecule has 1 N–H and O–H groups in total. The monoisotopic (exact) mass is 169 g/mol. The summed E-state index contributed by atoms with van der Waals surface area (Å²) < 4.78 is 35.6. The van der Waals surface area contributed by atoms with Gasteiger partial charge < -0.3 is 9.90 Å². The normalized spacial score (nSPS) is 18.2. The van der Waals surface area contributed by atoms with Crippen LogP contribution in [0.4, 0.5) is 0 Å². The van der Waals surface area contributed by atoms with Gasteiger partial charge in [0, 0.05) is 13.2 Å². The van der Waals surface area contributed by atoms with Gasteiger partial charge in [0.25, 0.3) is 0 Å². The molecule has 1 aromatic carbocycles. The summed E-state index contributed by atoms with van der Waals surface area (Å²) in [5.74, 6) is -1.38. The van der Waals surface area contributed by atoms with Gasteiger partial charge in [-0.1, -0.05) is 12.1 Å². The van der Waals surface area contributed by atoms with Crippen LogP contribution in [0, 0.1) is 0 Å². The zero-order valence-electron chi connectivity index (χ0n) is 11.4. The third kappa shape index (κ3) is 2.74. The van der Waals surface area contributed by atoms with Crippen molar-refractivity contribution in [3.8, 4) is 5.75 Å².